The van der Waals surface area contributed by atoms with E-state index in [1.807, 2.05) is 59.7 Å². The standard InChI is InChI=1S/C15H13NOS/c1-2-16-14-8-4-3-7-12(14)13(15(16)17)10-11-6-5-9-18-11/h3-10H,2H2,1H3/b13-10-. The van der Waals surface area contributed by atoms with Crippen molar-refractivity contribution in [3.63, 3.8) is 0 Å². The number of thiophene rings is 1. The maximum Gasteiger partial charge on any atom is 0.259 e. The molecule has 2 nitrogen and oxygen atoms in total. The zero-order chi connectivity index (χ0) is 12.5. The number of likely N-dealkylation sites (N-methyl/N-ethyl adjacent to an activating group) is 1. The van der Waals surface area contributed by atoms with Gasteiger partial charge in [-0.05, 0) is 30.5 Å². The van der Waals surface area contributed by atoms with Crippen LogP contribution in [0.5, 0.6) is 0 Å². The van der Waals surface area contributed by atoms with Gasteiger partial charge in [-0.1, -0.05) is 24.3 Å². The van der Waals surface area contributed by atoms with Crippen LogP contribution in [0.2, 0.25) is 0 Å². The quantitative estimate of drug-likeness (QED) is 0.750. The van der Waals surface area contributed by atoms with Gasteiger partial charge in [-0.15, -0.1) is 11.3 Å². The van der Waals surface area contributed by atoms with Crippen molar-refractivity contribution in [2.45, 2.75) is 6.92 Å². The van der Waals surface area contributed by atoms with Crippen LogP contribution in [0.25, 0.3) is 11.6 Å². The van der Waals surface area contributed by atoms with E-state index in [2.05, 4.69) is 0 Å². The maximum atomic E-state index is 12.4. The number of nitrogens with zero attached hydrogens (tertiary/aromatic N) is 1. The number of hydrogen-bond acceptors (Lipinski definition) is 2. The van der Waals surface area contributed by atoms with Gasteiger partial charge in [0, 0.05) is 17.0 Å². The normalized spacial score (nSPS) is 16.4. The molecule has 0 saturated heterocycles. The first-order valence-electron chi connectivity index (χ1n) is 5.97. The van der Waals surface area contributed by atoms with Crippen LogP contribution in [0.4, 0.5) is 5.69 Å². The van der Waals surface area contributed by atoms with Gasteiger partial charge >= 0.3 is 0 Å². The van der Waals surface area contributed by atoms with Gasteiger partial charge in [0.25, 0.3) is 5.91 Å². The number of carbonyl (C=O) groups is 1. The predicted molar refractivity (Wildman–Crippen MR) is 76.7 cm³/mol. The molecule has 0 radical (unpaired) electrons. The Morgan fingerprint density at radius 1 is 1.22 bits per heavy atom. The van der Waals surface area contributed by atoms with Crippen molar-refractivity contribution in [1.82, 2.24) is 0 Å². The highest BCUT2D eigenvalue weighted by atomic mass is 32.1. The van der Waals surface area contributed by atoms with Crippen molar-refractivity contribution in [1.29, 1.82) is 0 Å². The van der Waals surface area contributed by atoms with Crippen LogP contribution in [0.15, 0.2) is 41.8 Å². The number of fused-ring (bicyclic) bond motifs is 1. The molecule has 0 N–H and O–H groups in total. The summed E-state index contributed by atoms with van der Waals surface area (Å²) in [5, 5.41) is 2.02. The number of benzene rings is 1. The van der Waals surface area contributed by atoms with E-state index in [1.165, 1.54) is 0 Å². The molecule has 3 rings (SSSR count). The lowest BCUT2D eigenvalue weighted by molar-refractivity contribution is -0.112. The first-order valence-corrected chi connectivity index (χ1v) is 6.85. The van der Waals surface area contributed by atoms with Gasteiger partial charge in [0.05, 0.1) is 11.3 Å². The van der Waals surface area contributed by atoms with Crippen molar-refractivity contribution in [3.05, 3.63) is 52.2 Å². The molecule has 1 aromatic carbocycles. The fourth-order valence-electron chi connectivity index (χ4n) is 2.28. The molecule has 18 heavy (non-hydrogen) atoms. The Labute approximate surface area is 110 Å². The van der Waals surface area contributed by atoms with Crippen molar-refractivity contribution >= 4 is 34.6 Å². The van der Waals surface area contributed by atoms with Gasteiger partial charge in [-0.2, -0.15) is 0 Å². The summed E-state index contributed by atoms with van der Waals surface area (Å²) in [6, 6.07) is 12.0. The molecule has 0 bridgehead atoms. The van der Waals surface area contributed by atoms with Crippen molar-refractivity contribution in [2.75, 3.05) is 11.4 Å². The van der Waals surface area contributed by atoms with E-state index in [1.54, 1.807) is 11.3 Å². The van der Waals surface area contributed by atoms with E-state index in [4.69, 9.17) is 0 Å². The second-order valence-corrected chi connectivity index (χ2v) is 5.12. The van der Waals surface area contributed by atoms with Crippen LogP contribution in [0.1, 0.15) is 17.4 Å². The molecule has 3 heteroatoms. The van der Waals surface area contributed by atoms with Crippen LogP contribution >= 0.6 is 11.3 Å². The summed E-state index contributed by atoms with van der Waals surface area (Å²) in [6.07, 6.45) is 1.99. The molecule has 2 aromatic rings. The lowest BCUT2D eigenvalue weighted by Gasteiger charge is -2.13. The molecule has 0 aliphatic carbocycles. The average Bonchev–Trinajstić information content (AvgIpc) is 2.98. The van der Waals surface area contributed by atoms with Crippen LogP contribution in [0.3, 0.4) is 0 Å². The van der Waals surface area contributed by atoms with Gasteiger partial charge in [0.15, 0.2) is 0 Å². The third-order valence-electron chi connectivity index (χ3n) is 3.11. The van der Waals surface area contributed by atoms with E-state index >= 15 is 0 Å². The number of rotatable bonds is 2. The molecule has 1 aromatic heterocycles. The second-order valence-electron chi connectivity index (χ2n) is 4.14. The monoisotopic (exact) mass is 255 g/mol. The Hall–Kier alpha value is -1.87. The summed E-state index contributed by atoms with van der Waals surface area (Å²) in [4.78, 5) is 15.3. The van der Waals surface area contributed by atoms with Gasteiger partial charge in [0.2, 0.25) is 0 Å². The Balaban J connectivity index is 2.14. The summed E-state index contributed by atoms with van der Waals surface area (Å²) < 4.78 is 0. The van der Waals surface area contributed by atoms with E-state index < -0.39 is 0 Å². The van der Waals surface area contributed by atoms with Crippen molar-refractivity contribution in [3.8, 4) is 0 Å². The second kappa shape index (κ2) is 4.42. The predicted octanol–water partition coefficient (Wildman–Crippen LogP) is 3.66. The zero-order valence-corrected chi connectivity index (χ0v) is 10.9. The largest absolute Gasteiger partial charge is 0.308 e. The third-order valence-corrected chi connectivity index (χ3v) is 3.93. The molecular formula is C15H13NOS. The highest BCUT2D eigenvalue weighted by Crippen LogP contribution is 2.37. The summed E-state index contributed by atoms with van der Waals surface area (Å²) in [5.41, 5.74) is 2.86. The molecule has 90 valence electrons. The van der Waals surface area contributed by atoms with Gasteiger partial charge in [-0.25, -0.2) is 0 Å². The summed E-state index contributed by atoms with van der Waals surface area (Å²) in [5.74, 6) is 0.104. The number of anilines is 1. The molecule has 0 spiro atoms. The summed E-state index contributed by atoms with van der Waals surface area (Å²) >= 11 is 1.65. The minimum absolute atomic E-state index is 0.104. The minimum atomic E-state index is 0.104. The van der Waals surface area contributed by atoms with E-state index in [0.29, 0.717) is 6.54 Å². The topological polar surface area (TPSA) is 20.3 Å². The number of amides is 1. The molecule has 0 fully saturated rings. The third kappa shape index (κ3) is 1.68. The molecule has 1 aliphatic rings. The molecule has 1 aliphatic heterocycles. The van der Waals surface area contributed by atoms with Crippen molar-refractivity contribution < 1.29 is 4.79 Å². The Kier molecular flexibility index (Phi) is 2.76. The summed E-state index contributed by atoms with van der Waals surface area (Å²) in [7, 11) is 0. The Morgan fingerprint density at radius 3 is 2.78 bits per heavy atom. The lowest BCUT2D eigenvalue weighted by atomic mass is 10.1. The van der Waals surface area contributed by atoms with E-state index in [0.717, 1.165) is 21.7 Å². The molecule has 2 heterocycles. The molecule has 1 amide bonds. The Morgan fingerprint density at radius 2 is 2.06 bits per heavy atom. The van der Waals surface area contributed by atoms with Crippen LogP contribution < -0.4 is 4.90 Å². The zero-order valence-electron chi connectivity index (χ0n) is 10.1. The highest BCUT2D eigenvalue weighted by Gasteiger charge is 2.30. The van der Waals surface area contributed by atoms with Crippen LogP contribution in [-0.2, 0) is 4.79 Å². The first-order chi connectivity index (χ1) is 8.81. The fourth-order valence-corrected chi connectivity index (χ4v) is 2.93. The highest BCUT2D eigenvalue weighted by molar-refractivity contribution is 7.11. The maximum absolute atomic E-state index is 12.4. The van der Waals surface area contributed by atoms with Crippen molar-refractivity contribution in [2.24, 2.45) is 0 Å². The number of para-hydroxylation sites is 1. The van der Waals surface area contributed by atoms with E-state index in [-0.39, 0.29) is 5.91 Å². The summed E-state index contributed by atoms with van der Waals surface area (Å²) in [6.45, 7) is 2.71. The fraction of sp³-hybridized carbons (Fsp3) is 0.133. The molecular weight excluding hydrogens is 242 g/mol. The van der Waals surface area contributed by atoms with Gasteiger partial charge in [-0.3, -0.25) is 4.79 Å². The smallest absolute Gasteiger partial charge is 0.259 e. The number of carbonyl (C=O) groups excluding carboxylic acids is 1. The van der Waals surface area contributed by atoms with Gasteiger partial charge < -0.3 is 4.90 Å². The Bertz CT molecular complexity index is 613. The van der Waals surface area contributed by atoms with Crippen LogP contribution in [-0.4, -0.2) is 12.5 Å². The van der Waals surface area contributed by atoms with Gasteiger partial charge in [0.1, 0.15) is 0 Å². The first kappa shape index (κ1) is 11.2. The number of hydrogen-bond donors (Lipinski definition) is 0. The molecule has 0 unspecified atom stereocenters. The van der Waals surface area contributed by atoms with E-state index in [9.17, 15) is 4.79 Å². The molecule has 0 atom stereocenters. The SMILES string of the molecule is CCN1C(=O)/C(=C\c2cccs2)c2ccccc21. The lowest BCUT2D eigenvalue weighted by Crippen LogP contribution is -2.25. The average molecular weight is 255 g/mol. The molecule has 0 saturated carbocycles. The van der Waals surface area contributed by atoms with Crippen LogP contribution in [0, 0.1) is 0 Å². The minimum Gasteiger partial charge on any atom is -0.308 e.